The molecular formula is C12H16N2O5S. The van der Waals surface area contributed by atoms with Crippen LogP contribution in [0.4, 0.5) is 0 Å². The topological polar surface area (TPSA) is 110 Å². The van der Waals surface area contributed by atoms with E-state index in [2.05, 4.69) is 10.1 Å². The van der Waals surface area contributed by atoms with E-state index in [0.717, 1.165) is 0 Å². The van der Waals surface area contributed by atoms with E-state index in [1.165, 1.54) is 0 Å². The Hall–Kier alpha value is -1.44. The first-order chi connectivity index (χ1) is 9.22. The van der Waals surface area contributed by atoms with E-state index in [1.807, 2.05) is 13.8 Å². The lowest BCUT2D eigenvalue weighted by atomic mass is 10.1. The maximum atomic E-state index is 11.4. The molecule has 8 heteroatoms. The van der Waals surface area contributed by atoms with E-state index in [1.54, 1.807) is 0 Å². The molecule has 0 radical (unpaired) electrons. The number of aromatic nitrogens is 2. The zero-order chi connectivity index (χ0) is 14.7. The van der Waals surface area contributed by atoms with Gasteiger partial charge >= 0.3 is 5.97 Å². The minimum absolute atomic E-state index is 0.0440. The van der Waals surface area contributed by atoms with E-state index in [9.17, 15) is 13.2 Å². The lowest BCUT2D eigenvalue weighted by Crippen LogP contribution is -2.05. The molecule has 7 nitrogen and oxygen atoms in total. The summed E-state index contributed by atoms with van der Waals surface area (Å²) in [5, 5.41) is 13.0. The number of aliphatic carboxylic acids is 1. The lowest BCUT2D eigenvalue weighted by Gasteiger charge is -1.98. The highest BCUT2D eigenvalue weighted by atomic mass is 32.2. The second-order valence-electron chi connectivity index (χ2n) is 6.21. The van der Waals surface area contributed by atoms with Crippen LogP contribution in [0.25, 0.3) is 0 Å². The number of rotatable bonds is 3. The Morgan fingerprint density at radius 1 is 1.45 bits per heavy atom. The van der Waals surface area contributed by atoms with Crippen LogP contribution in [0.2, 0.25) is 0 Å². The van der Waals surface area contributed by atoms with Crippen LogP contribution in [0.3, 0.4) is 0 Å². The van der Waals surface area contributed by atoms with Gasteiger partial charge < -0.3 is 9.63 Å². The van der Waals surface area contributed by atoms with E-state index in [4.69, 9.17) is 9.63 Å². The molecule has 1 N–H and O–H groups in total. The zero-order valence-corrected chi connectivity index (χ0v) is 12.1. The Labute approximate surface area is 116 Å². The van der Waals surface area contributed by atoms with Gasteiger partial charge in [-0.05, 0) is 11.8 Å². The molecule has 1 aromatic heterocycles. The van der Waals surface area contributed by atoms with Crippen LogP contribution >= 0.6 is 0 Å². The number of carboxylic acid groups (broad SMARTS) is 1. The van der Waals surface area contributed by atoms with Crippen LogP contribution in [-0.4, -0.2) is 41.1 Å². The second-order valence-corrected chi connectivity index (χ2v) is 8.43. The molecule has 1 aliphatic heterocycles. The van der Waals surface area contributed by atoms with Gasteiger partial charge in [0.15, 0.2) is 15.7 Å². The maximum absolute atomic E-state index is 11.4. The van der Waals surface area contributed by atoms with Gasteiger partial charge in [0.05, 0.1) is 23.3 Å². The van der Waals surface area contributed by atoms with Crippen molar-refractivity contribution in [2.75, 3.05) is 11.5 Å². The van der Waals surface area contributed by atoms with Gasteiger partial charge in [0.2, 0.25) is 5.89 Å². The fourth-order valence-electron chi connectivity index (χ4n) is 3.10. The molecule has 0 aromatic carbocycles. The molecule has 2 aliphatic rings. The molecule has 3 unspecified atom stereocenters. The summed E-state index contributed by atoms with van der Waals surface area (Å²) < 4.78 is 28.1. The van der Waals surface area contributed by atoms with Crippen LogP contribution in [-0.2, 0) is 14.6 Å². The Morgan fingerprint density at radius 2 is 2.15 bits per heavy atom. The molecule has 20 heavy (non-hydrogen) atoms. The number of hydrogen-bond acceptors (Lipinski definition) is 6. The smallest absolute Gasteiger partial charge is 0.307 e. The van der Waals surface area contributed by atoms with E-state index >= 15 is 0 Å². The summed E-state index contributed by atoms with van der Waals surface area (Å²) in [5.74, 6) is -1.04. The minimum Gasteiger partial charge on any atom is -0.481 e. The maximum Gasteiger partial charge on any atom is 0.307 e. The highest BCUT2D eigenvalue weighted by molar-refractivity contribution is 7.91. The van der Waals surface area contributed by atoms with E-state index in [-0.39, 0.29) is 23.3 Å². The van der Waals surface area contributed by atoms with Crippen molar-refractivity contribution in [3.63, 3.8) is 0 Å². The van der Waals surface area contributed by atoms with Crippen molar-refractivity contribution in [2.45, 2.75) is 32.1 Å². The van der Waals surface area contributed by atoms with Crippen LogP contribution in [0.15, 0.2) is 4.52 Å². The molecule has 1 aliphatic carbocycles. The van der Waals surface area contributed by atoms with Gasteiger partial charge in [-0.1, -0.05) is 19.0 Å². The molecule has 2 heterocycles. The summed E-state index contributed by atoms with van der Waals surface area (Å²) in [6.07, 6.45) is 0.498. The molecule has 1 saturated heterocycles. The monoisotopic (exact) mass is 300 g/mol. The van der Waals surface area contributed by atoms with Gasteiger partial charge in [-0.3, -0.25) is 4.79 Å². The van der Waals surface area contributed by atoms with Crippen molar-refractivity contribution in [1.29, 1.82) is 0 Å². The Kier molecular flexibility index (Phi) is 2.73. The standard InChI is InChI=1S/C12H16N2O5S/c1-12(2)7(8(12)11(15)16)10-13-9(14-19-10)6-3-4-20(17,18)5-6/h6-8H,3-5H2,1-2H3,(H,15,16). The fourth-order valence-corrected chi connectivity index (χ4v) is 4.84. The Bertz CT molecular complexity index is 663. The second kappa shape index (κ2) is 4.03. The fraction of sp³-hybridized carbons (Fsp3) is 0.750. The van der Waals surface area contributed by atoms with Crippen LogP contribution in [0.5, 0.6) is 0 Å². The van der Waals surface area contributed by atoms with Gasteiger partial charge in [-0.25, -0.2) is 8.42 Å². The molecule has 0 amide bonds. The van der Waals surface area contributed by atoms with Crippen molar-refractivity contribution < 1.29 is 22.8 Å². The summed E-state index contributed by atoms with van der Waals surface area (Å²) in [7, 11) is -3.00. The number of carboxylic acids is 1. The predicted octanol–water partition coefficient (Wildman–Crippen LogP) is 0.796. The molecule has 0 bridgehead atoms. The lowest BCUT2D eigenvalue weighted by molar-refractivity contribution is -0.139. The number of carbonyl (C=O) groups is 1. The molecular weight excluding hydrogens is 284 g/mol. The third-order valence-corrected chi connectivity index (χ3v) is 6.18. The first-order valence-electron chi connectivity index (χ1n) is 6.49. The quantitative estimate of drug-likeness (QED) is 0.878. The molecule has 1 saturated carbocycles. The summed E-state index contributed by atoms with van der Waals surface area (Å²) in [5.41, 5.74) is -0.405. The largest absolute Gasteiger partial charge is 0.481 e. The molecule has 3 rings (SSSR count). The normalized spacial score (nSPS) is 34.0. The van der Waals surface area contributed by atoms with Gasteiger partial charge in [0.25, 0.3) is 0 Å². The van der Waals surface area contributed by atoms with Gasteiger partial charge in [0, 0.05) is 5.92 Å². The van der Waals surface area contributed by atoms with Crippen molar-refractivity contribution in [1.82, 2.24) is 10.1 Å². The predicted molar refractivity (Wildman–Crippen MR) is 68.0 cm³/mol. The highest BCUT2D eigenvalue weighted by Crippen LogP contribution is 2.64. The molecule has 110 valence electrons. The van der Waals surface area contributed by atoms with Crippen LogP contribution in [0, 0.1) is 11.3 Å². The number of sulfone groups is 1. The summed E-state index contributed by atoms with van der Waals surface area (Å²) in [6, 6.07) is 0. The van der Waals surface area contributed by atoms with E-state index in [0.29, 0.717) is 18.1 Å². The van der Waals surface area contributed by atoms with Gasteiger partial charge in [0.1, 0.15) is 0 Å². The van der Waals surface area contributed by atoms with Crippen molar-refractivity contribution in [2.24, 2.45) is 11.3 Å². The van der Waals surface area contributed by atoms with Crippen molar-refractivity contribution >= 4 is 15.8 Å². The van der Waals surface area contributed by atoms with Crippen molar-refractivity contribution in [3.05, 3.63) is 11.7 Å². The SMILES string of the molecule is CC1(C)C(C(=O)O)C1c1nc(C2CCS(=O)(=O)C2)no1. The summed E-state index contributed by atoms with van der Waals surface area (Å²) in [4.78, 5) is 15.4. The molecule has 0 spiro atoms. The zero-order valence-electron chi connectivity index (χ0n) is 11.2. The van der Waals surface area contributed by atoms with Gasteiger partial charge in [-0.2, -0.15) is 4.98 Å². The Balaban J connectivity index is 1.81. The highest BCUT2D eigenvalue weighted by Gasteiger charge is 2.65. The van der Waals surface area contributed by atoms with Crippen LogP contribution in [0.1, 0.15) is 43.8 Å². The third-order valence-electron chi connectivity index (χ3n) is 4.41. The van der Waals surface area contributed by atoms with Crippen molar-refractivity contribution in [3.8, 4) is 0 Å². The first-order valence-corrected chi connectivity index (χ1v) is 8.31. The number of hydrogen-bond donors (Lipinski definition) is 1. The summed E-state index contributed by atoms with van der Waals surface area (Å²) in [6.45, 7) is 3.70. The molecule has 2 fully saturated rings. The minimum atomic E-state index is -3.00. The summed E-state index contributed by atoms with van der Waals surface area (Å²) >= 11 is 0. The number of nitrogens with zero attached hydrogens (tertiary/aromatic N) is 2. The average Bonchev–Trinajstić information content (AvgIpc) is 2.72. The van der Waals surface area contributed by atoms with Gasteiger partial charge in [-0.15, -0.1) is 0 Å². The first kappa shape index (κ1) is 13.5. The van der Waals surface area contributed by atoms with E-state index < -0.39 is 27.1 Å². The van der Waals surface area contributed by atoms with Crippen LogP contribution < -0.4 is 0 Å². The molecule has 1 aromatic rings. The third kappa shape index (κ3) is 2.02. The average molecular weight is 300 g/mol. The Morgan fingerprint density at radius 3 is 2.65 bits per heavy atom. The molecule has 3 atom stereocenters.